The zero-order chi connectivity index (χ0) is 35.1. The molecule has 0 bridgehead atoms. The first-order chi connectivity index (χ1) is 22.6. The maximum Gasteiger partial charge on any atom is 0.416 e. The van der Waals surface area contributed by atoms with Crippen molar-refractivity contribution in [3.05, 3.63) is 130 Å². The molecule has 14 heteroatoms. The van der Waals surface area contributed by atoms with Gasteiger partial charge in [-0.3, -0.25) is 19.3 Å². The normalized spacial score (nSPS) is 12.4. The number of carboxylic acid groups (broad SMARTS) is 1. The molecule has 0 aromatic heterocycles. The van der Waals surface area contributed by atoms with Gasteiger partial charge < -0.3 is 21.5 Å². The Morgan fingerprint density at radius 2 is 1.08 bits per heavy atom. The Labute approximate surface area is 271 Å². The third-order valence-corrected chi connectivity index (χ3v) is 7.30. The van der Waals surface area contributed by atoms with Crippen LogP contribution in [0.2, 0.25) is 0 Å². The van der Waals surface area contributed by atoms with E-state index in [4.69, 9.17) is 5.73 Å². The highest BCUT2D eigenvalue weighted by Gasteiger charge is 2.32. The van der Waals surface area contributed by atoms with E-state index < -0.39 is 47.3 Å². The molecular weight excluding hydrogens is 642 g/mol. The Kier molecular flexibility index (Phi) is 11.2. The summed E-state index contributed by atoms with van der Waals surface area (Å²) in [4.78, 5) is 39.2. The first-order valence-corrected chi connectivity index (χ1v) is 14.5. The van der Waals surface area contributed by atoms with Crippen LogP contribution in [0.1, 0.15) is 49.4 Å². The van der Waals surface area contributed by atoms with Gasteiger partial charge in [0.1, 0.15) is 6.04 Å². The average molecular weight is 673 g/mol. The second kappa shape index (κ2) is 15.1. The SMILES string of the molecule is NC(CCN(Cc1ccccc1NC(=O)c1cccc(C(F)(F)F)c1)Cc1ccccc1NC(=O)c1cccc(C(F)(F)F)c1)C(=O)O. The smallest absolute Gasteiger partial charge is 0.416 e. The lowest BCUT2D eigenvalue weighted by atomic mass is 10.1. The van der Waals surface area contributed by atoms with Crippen LogP contribution in [0.25, 0.3) is 0 Å². The lowest BCUT2D eigenvalue weighted by Gasteiger charge is -2.26. The van der Waals surface area contributed by atoms with Crippen LogP contribution in [0.3, 0.4) is 0 Å². The fraction of sp³-hybridized carbons (Fsp3) is 0.206. The molecule has 0 spiro atoms. The molecule has 4 rings (SSSR count). The molecule has 0 saturated heterocycles. The minimum Gasteiger partial charge on any atom is -0.480 e. The van der Waals surface area contributed by atoms with Crippen molar-refractivity contribution >= 4 is 29.2 Å². The Hall–Kier alpha value is -5.21. The maximum absolute atomic E-state index is 13.2. The first-order valence-electron chi connectivity index (χ1n) is 14.5. The van der Waals surface area contributed by atoms with Crippen LogP contribution < -0.4 is 16.4 Å². The fourth-order valence-electron chi connectivity index (χ4n) is 4.76. The summed E-state index contributed by atoms with van der Waals surface area (Å²) in [5.41, 5.74) is 5.01. The Morgan fingerprint density at radius 1 is 0.667 bits per heavy atom. The molecule has 5 N–H and O–H groups in total. The summed E-state index contributed by atoms with van der Waals surface area (Å²) in [6.45, 7) is 0.321. The first kappa shape index (κ1) is 35.6. The molecule has 0 radical (unpaired) electrons. The summed E-state index contributed by atoms with van der Waals surface area (Å²) in [5, 5.41) is 14.6. The second-order valence-electron chi connectivity index (χ2n) is 10.8. The monoisotopic (exact) mass is 672 g/mol. The molecule has 0 saturated carbocycles. The molecule has 0 fully saturated rings. The van der Waals surface area contributed by atoms with Crippen LogP contribution in [0, 0.1) is 0 Å². The van der Waals surface area contributed by atoms with Crippen molar-refractivity contribution < 1.29 is 45.8 Å². The van der Waals surface area contributed by atoms with Crippen LogP contribution in [0.4, 0.5) is 37.7 Å². The summed E-state index contributed by atoms with van der Waals surface area (Å²) in [7, 11) is 0. The number of alkyl halides is 6. The van der Waals surface area contributed by atoms with E-state index in [0.717, 1.165) is 36.4 Å². The van der Waals surface area contributed by atoms with Gasteiger partial charge in [-0.05, 0) is 66.1 Å². The number of nitrogens with two attached hydrogens (primary N) is 1. The van der Waals surface area contributed by atoms with Gasteiger partial charge in [0.25, 0.3) is 11.8 Å². The van der Waals surface area contributed by atoms with Crippen LogP contribution in [-0.2, 0) is 30.2 Å². The molecule has 252 valence electrons. The van der Waals surface area contributed by atoms with E-state index in [1.807, 2.05) is 0 Å². The molecule has 8 nitrogen and oxygen atoms in total. The molecular formula is C34H30F6N4O4. The number of carbonyl (C=O) groups is 3. The molecule has 48 heavy (non-hydrogen) atoms. The van der Waals surface area contributed by atoms with Crippen LogP contribution in [0.15, 0.2) is 97.1 Å². The summed E-state index contributed by atoms with van der Waals surface area (Å²) in [5.74, 6) is -2.79. The molecule has 0 aliphatic rings. The van der Waals surface area contributed by atoms with E-state index in [2.05, 4.69) is 10.6 Å². The van der Waals surface area contributed by atoms with Gasteiger partial charge in [0.05, 0.1) is 11.1 Å². The van der Waals surface area contributed by atoms with Crippen molar-refractivity contribution in [3.8, 4) is 0 Å². The molecule has 0 aliphatic heterocycles. The lowest BCUT2D eigenvalue weighted by Crippen LogP contribution is -2.35. The predicted molar refractivity (Wildman–Crippen MR) is 166 cm³/mol. The number of hydrogen-bond donors (Lipinski definition) is 4. The third-order valence-electron chi connectivity index (χ3n) is 7.30. The van der Waals surface area contributed by atoms with Crippen molar-refractivity contribution in [2.75, 3.05) is 17.2 Å². The van der Waals surface area contributed by atoms with Crippen LogP contribution >= 0.6 is 0 Å². The average Bonchev–Trinajstić information content (AvgIpc) is 3.04. The number of halogens is 6. The van der Waals surface area contributed by atoms with Gasteiger partial charge in [-0.15, -0.1) is 0 Å². The fourth-order valence-corrected chi connectivity index (χ4v) is 4.76. The predicted octanol–water partition coefficient (Wildman–Crippen LogP) is 7.03. The van der Waals surface area contributed by atoms with Crippen molar-refractivity contribution in [1.29, 1.82) is 0 Å². The maximum atomic E-state index is 13.2. The van der Waals surface area contributed by atoms with Crippen molar-refractivity contribution in [1.82, 2.24) is 4.90 Å². The highest BCUT2D eigenvalue weighted by molar-refractivity contribution is 6.05. The summed E-state index contributed by atoms with van der Waals surface area (Å²) in [6, 6.07) is 19.8. The number of anilines is 2. The van der Waals surface area contributed by atoms with Gasteiger partial charge >= 0.3 is 18.3 Å². The molecule has 0 aliphatic carbocycles. The Balaban J connectivity index is 1.58. The van der Waals surface area contributed by atoms with E-state index in [9.17, 15) is 45.8 Å². The number of carboxylic acids is 1. The summed E-state index contributed by atoms with van der Waals surface area (Å²) in [6.07, 6.45) is -9.28. The molecule has 2 amide bonds. The van der Waals surface area contributed by atoms with Crippen LogP contribution in [0.5, 0.6) is 0 Å². The number of nitrogens with zero attached hydrogens (tertiary/aromatic N) is 1. The Morgan fingerprint density at radius 3 is 1.48 bits per heavy atom. The molecule has 1 unspecified atom stereocenters. The number of amides is 2. The number of rotatable bonds is 12. The standard InChI is InChI=1S/C34H30F6N4O4/c35-33(36,37)25-11-5-9-21(17-25)30(45)42-28-13-3-1-7-23(28)19-44(16-15-27(41)32(47)48)20-24-8-2-4-14-29(24)43-31(46)22-10-6-12-26(18-22)34(38,39)40/h1-14,17-18,27H,15-16,19-20,41H2,(H,42,45)(H,43,46)(H,47,48). The van der Waals surface area contributed by atoms with E-state index >= 15 is 0 Å². The number of nitrogens with one attached hydrogen (secondary N) is 2. The molecule has 4 aromatic carbocycles. The molecule has 4 aromatic rings. The minimum absolute atomic E-state index is 0.00680. The van der Waals surface area contributed by atoms with Gasteiger partial charge in [-0.25, -0.2) is 0 Å². The zero-order valence-electron chi connectivity index (χ0n) is 25.1. The second-order valence-corrected chi connectivity index (χ2v) is 10.8. The minimum atomic E-state index is -4.64. The van der Waals surface area contributed by atoms with Gasteiger partial charge in [0.15, 0.2) is 0 Å². The Bertz CT molecular complexity index is 1660. The number of hydrogen-bond acceptors (Lipinski definition) is 5. The number of carbonyl (C=O) groups excluding carboxylic acids is 2. The topological polar surface area (TPSA) is 125 Å². The number of benzene rings is 4. The van der Waals surface area contributed by atoms with E-state index in [1.165, 1.54) is 12.1 Å². The molecule has 0 heterocycles. The number of aliphatic carboxylic acids is 1. The van der Waals surface area contributed by atoms with Crippen molar-refractivity contribution in [2.24, 2.45) is 5.73 Å². The van der Waals surface area contributed by atoms with Gasteiger partial charge in [0.2, 0.25) is 0 Å². The highest BCUT2D eigenvalue weighted by Crippen LogP contribution is 2.31. The van der Waals surface area contributed by atoms with Gasteiger partial charge in [-0.2, -0.15) is 26.3 Å². The van der Waals surface area contributed by atoms with E-state index in [1.54, 1.807) is 53.4 Å². The van der Waals surface area contributed by atoms with Gasteiger partial charge in [0, 0.05) is 42.1 Å². The summed E-state index contributed by atoms with van der Waals surface area (Å²) >= 11 is 0. The number of para-hydroxylation sites is 2. The van der Waals surface area contributed by atoms with Crippen molar-refractivity contribution in [2.45, 2.75) is 37.9 Å². The van der Waals surface area contributed by atoms with Crippen molar-refractivity contribution in [3.63, 3.8) is 0 Å². The van der Waals surface area contributed by atoms with Crippen LogP contribution in [-0.4, -0.2) is 40.4 Å². The van der Waals surface area contributed by atoms with E-state index in [-0.39, 0.29) is 37.2 Å². The highest BCUT2D eigenvalue weighted by atomic mass is 19.4. The quantitative estimate of drug-likeness (QED) is 0.120. The van der Waals surface area contributed by atoms with E-state index in [0.29, 0.717) is 22.5 Å². The molecule has 1 atom stereocenters. The largest absolute Gasteiger partial charge is 0.480 e. The zero-order valence-corrected chi connectivity index (χ0v) is 25.1. The summed E-state index contributed by atoms with van der Waals surface area (Å²) < 4.78 is 79.3. The lowest BCUT2D eigenvalue weighted by molar-refractivity contribution is -0.139. The third kappa shape index (κ3) is 9.65. The van der Waals surface area contributed by atoms with Gasteiger partial charge in [-0.1, -0.05) is 48.5 Å².